The molecule has 0 aliphatic heterocycles. The van der Waals surface area contributed by atoms with Gasteiger partial charge < -0.3 is 10.8 Å². The van der Waals surface area contributed by atoms with Gasteiger partial charge in [-0.05, 0) is 31.0 Å². The molecule has 1 aliphatic carbocycles. The van der Waals surface area contributed by atoms with E-state index in [1.165, 1.54) is 12.8 Å². The zero-order chi connectivity index (χ0) is 11.1. The van der Waals surface area contributed by atoms with Crippen LogP contribution >= 0.6 is 0 Å². The van der Waals surface area contributed by atoms with E-state index < -0.39 is 0 Å². The van der Waals surface area contributed by atoms with Crippen molar-refractivity contribution in [1.82, 2.24) is 15.2 Å². The normalized spacial score (nSPS) is 15.2. The average Bonchev–Trinajstić information content (AvgIpc) is 3.01. The Kier molecular flexibility index (Phi) is 1.86. The molecule has 0 bridgehead atoms. The molecule has 1 aliphatic rings. The third-order valence-electron chi connectivity index (χ3n) is 2.75. The van der Waals surface area contributed by atoms with Crippen LogP contribution in [0.4, 0.5) is 5.69 Å². The molecule has 1 aromatic carbocycles. The summed E-state index contributed by atoms with van der Waals surface area (Å²) in [6, 6.07) is 4.98. The minimum Gasteiger partial charge on any atom is -0.506 e. The maximum atomic E-state index is 9.32. The molecule has 1 saturated carbocycles. The summed E-state index contributed by atoms with van der Waals surface area (Å²) >= 11 is 0. The molecule has 2 aromatic rings. The van der Waals surface area contributed by atoms with Crippen LogP contribution in [-0.2, 0) is 0 Å². The first-order valence-corrected chi connectivity index (χ1v) is 5.25. The number of nitrogens with one attached hydrogen (secondary N) is 1. The number of phenols is 1. The smallest absolute Gasteiger partial charge is 0.181 e. The molecule has 1 aromatic heterocycles. The summed E-state index contributed by atoms with van der Waals surface area (Å²) in [6.07, 6.45) is 2.37. The lowest BCUT2D eigenvalue weighted by Crippen LogP contribution is -1.88. The van der Waals surface area contributed by atoms with Gasteiger partial charge in [0, 0.05) is 11.5 Å². The maximum absolute atomic E-state index is 9.32. The fourth-order valence-corrected chi connectivity index (χ4v) is 1.64. The van der Waals surface area contributed by atoms with E-state index in [1.54, 1.807) is 18.2 Å². The van der Waals surface area contributed by atoms with Crippen LogP contribution in [-0.4, -0.2) is 20.3 Å². The highest BCUT2D eigenvalue weighted by Gasteiger charge is 2.27. The Balaban J connectivity index is 1.97. The van der Waals surface area contributed by atoms with Crippen LogP contribution in [0.2, 0.25) is 0 Å². The van der Waals surface area contributed by atoms with Gasteiger partial charge in [-0.1, -0.05) is 0 Å². The molecule has 0 saturated heterocycles. The predicted molar refractivity (Wildman–Crippen MR) is 59.9 cm³/mol. The van der Waals surface area contributed by atoms with E-state index in [4.69, 9.17) is 5.73 Å². The fraction of sp³-hybridized carbons (Fsp3) is 0.273. The van der Waals surface area contributed by atoms with Gasteiger partial charge in [0.05, 0.1) is 5.69 Å². The summed E-state index contributed by atoms with van der Waals surface area (Å²) in [6.45, 7) is 0. The van der Waals surface area contributed by atoms with Crippen molar-refractivity contribution in [3.63, 3.8) is 0 Å². The number of nitrogens with two attached hydrogens (primary N) is 1. The molecule has 1 heterocycles. The number of hydrogen-bond donors (Lipinski definition) is 3. The van der Waals surface area contributed by atoms with Crippen LogP contribution in [0.3, 0.4) is 0 Å². The molecule has 0 radical (unpaired) electrons. The van der Waals surface area contributed by atoms with Crippen LogP contribution in [0, 0.1) is 0 Å². The highest BCUT2D eigenvalue weighted by Crippen LogP contribution is 2.38. The number of phenolic OH excluding ortho intramolecular Hbond substituents is 1. The Bertz CT molecular complexity index is 531. The minimum atomic E-state index is 0.0849. The van der Waals surface area contributed by atoms with Gasteiger partial charge in [-0.15, -0.1) is 0 Å². The monoisotopic (exact) mass is 216 g/mol. The van der Waals surface area contributed by atoms with E-state index in [1.807, 2.05) is 0 Å². The summed E-state index contributed by atoms with van der Waals surface area (Å²) < 4.78 is 0. The van der Waals surface area contributed by atoms with Crippen molar-refractivity contribution in [2.45, 2.75) is 18.8 Å². The summed E-state index contributed by atoms with van der Waals surface area (Å²) in [4.78, 5) is 4.41. The zero-order valence-corrected chi connectivity index (χ0v) is 8.64. The summed E-state index contributed by atoms with van der Waals surface area (Å²) in [7, 11) is 0. The Morgan fingerprint density at radius 2 is 2.19 bits per heavy atom. The van der Waals surface area contributed by atoms with Gasteiger partial charge >= 0.3 is 0 Å². The number of rotatable bonds is 2. The summed E-state index contributed by atoms with van der Waals surface area (Å²) in [5.41, 5.74) is 6.78. The van der Waals surface area contributed by atoms with Crippen molar-refractivity contribution >= 4 is 5.69 Å². The van der Waals surface area contributed by atoms with Crippen LogP contribution < -0.4 is 5.73 Å². The van der Waals surface area contributed by atoms with Gasteiger partial charge in [-0.25, -0.2) is 4.98 Å². The molecule has 0 spiro atoms. The second kappa shape index (κ2) is 3.23. The molecule has 82 valence electrons. The van der Waals surface area contributed by atoms with Crippen molar-refractivity contribution in [2.24, 2.45) is 0 Å². The third kappa shape index (κ3) is 1.50. The van der Waals surface area contributed by atoms with Crippen LogP contribution in [0.15, 0.2) is 18.2 Å². The Hall–Kier alpha value is -2.04. The zero-order valence-electron chi connectivity index (χ0n) is 8.64. The maximum Gasteiger partial charge on any atom is 0.181 e. The topological polar surface area (TPSA) is 87.8 Å². The molecular weight excluding hydrogens is 204 g/mol. The largest absolute Gasteiger partial charge is 0.506 e. The van der Waals surface area contributed by atoms with Crippen LogP contribution in [0.25, 0.3) is 11.4 Å². The number of H-pyrrole nitrogens is 1. The molecule has 16 heavy (non-hydrogen) atoms. The van der Waals surface area contributed by atoms with Gasteiger partial charge in [-0.3, -0.25) is 5.10 Å². The SMILES string of the molecule is Nc1cc(-c2n[nH]c(C3CC3)n2)ccc1O. The second-order valence-corrected chi connectivity index (χ2v) is 4.09. The standard InChI is InChI=1S/C11H12N4O/c12-8-5-7(3-4-9(8)16)11-13-10(14-15-11)6-1-2-6/h3-6,16H,1-2,12H2,(H,13,14,15). The molecule has 5 heteroatoms. The van der Waals surface area contributed by atoms with Crippen LogP contribution in [0.1, 0.15) is 24.6 Å². The number of aromatic hydroxyl groups is 1. The van der Waals surface area contributed by atoms with Crippen molar-refractivity contribution in [3.05, 3.63) is 24.0 Å². The Morgan fingerprint density at radius 3 is 2.88 bits per heavy atom. The van der Waals surface area contributed by atoms with Gasteiger partial charge in [0.1, 0.15) is 11.6 Å². The highest BCUT2D eigenvalue weighted by molar-refractivity contribution is 5.65. The third-order valence-corrected chi connectivity index (χ3v) is 2.75. The molecule has 1 fully saturated rings. The first-order chi connectivity index (χ1) is 7.74. The number of anilines is 1. The molecule has 4 N–H and O–H groups in total. The lowest BCUT2D eigenvalue weighted by atomic mass is 10.2. The van der Waals surface area contributed by atoms with E-state index in [0.29, 0.717) is 17.4 Å². The van der Waals surface area contributed by atoms with Crippen molar-refractivity contribution in [2.75, 3.05) is 5.73 Å². The molecule has 5 nitrogen and oxygen atoms in total. The molecule has 0 unspecified atom stereocenters. The van der Waals surface area contributed by atoms with Gasteiger partial charge in [0.25, 0.3) is 0 Å². The van der Waals surface area contributed by atoms with Crippen molar-refractivity contribution in [1.29, 1.82) is 0 Å². The number of nitrogens with zero attached hydrogens (tertiary/aromatic N) is 2. The summed E-state index contributed by atoms with van der Waals surface area (Å²) in [5.74, 6) is 2.22. The first kappa shape index (κ1) is 9.21. The predicted octanol–water partition coefficient (Wildman–Crippen LogP) is 1.64. The van der Waals surface area contributed by atoms with Crippen molar-refractivity contribution < 1.29 is 5.11 Å². The average molecular weight is 216 g/mol. The van der Waals surface area contributed by atoms with Gasteiger partial charge in [0.2, 0.25) is 0 Å². The molecule has 0 amide bonds. The number of aromatic nitrogens is 3. The number of benzene rings is 1. The lowest BCUT2D eigenvalue weighted by Gasteiger charge is -1.99. The quantitative estimate of drug-likeness (QED) is 0.526. The van der Waals surface area contributed by atoms with Gasteiger partial charge in [-0.2, -0.15) is 5.10 Å². The molecule has 3 rings (SSSR count). The molecule has 0 atom stereocenters. The second-order valence-electron chi connectivity index (χ2n) is 4.09. The minimum absolute atomic E-state index is 0.0849. The van der Waals surface area contributed by atoms with E-state index in [-0.39, 0.29) is 5.75 Å². The number of hydrogen-bond acceptors (Lipinski definition) is 4. The number of nitrogen functional groups attached to an aromatic ring is 1. The van der Waals surface area contributed by atoms with E-state index in [2.05, 4.69) is 15.2 Å². The fourth-order valence-electron chi connectivity index (χ4n) is 1.64. The Morgan fingerprint density at radius 1 is 1.38 bits per heavy atom. The summed E-state index contributed by atoms with van der Waals surface area (Å²) in [5, 5.41) is 16.4. The van der Waals surface area contributed by atoms with E-state index in [9.17, 15) is 5.11 Å². The van der Waals surface area contributed by atoms with E-state index >= 15 is 0 Å². The first-order valence-electron chi connectivity index (χ1n) is 5.25. The van der Waals surface area contributed by atoms with Crippen molar-refractivity contribution in [3.8, 4) is 17.1 Å². The highest BCUT2D eigenvalue weighted by atomic mass is 16.3. The van der Waals surface area contributed by atoms with Gasteiger partial charge in [0.15, 0.2) is 5.82 Å². The lowest BCUT2D eigenvalue weighted by molar-refractivity contribution is 0.478. The van der Waals surface area contributed by atoms with E-state index in [0.717, 1.165) is 11.4 Å². The molecular formula is C11H12N4O. The number of aromatic amines is 1. The van der Waals surface area contributed by atoms with Crippen LogP contribution in [0.5, 0.6) is 5.75 Å². The Labute approximate surface area is 92.3 Å².